The molecule has 1 aromatic heterocycles. The molecule has 0 spiro atoms. The molecule has 150 valence electrons. The molecule has 0 amide bonds. The Morgan fingerprint density at radius 3 is 2.78 bits per heavy atom. The van der Waals surface area contributed by atoms with Gasteiger partial charge in [-0.15, -0.1) is 0 Å². The number of nitrogens with zero attached hydrogens (tertiary/aromatic N) is 1. The summed E-state index contributed by atoms with van der Waals surface area (Å²) < 4.78 is 5.46. The van der Waals surface area contributed by atoms with Crippen molar-refractivity contribution in [1.29, 1.82) is 0 Å². The van der Waals surface area contributed by atoms with E-state index in [-0.39, 0.29) is 11.6 Å². The van der Waals surface area contributed by atoms with Crippen LogP contribution in [0.25, 0.3) is 0 Å². The Balaban J connectivity index is 1.99. The first-order valence-corrected chi connectivity index (χ1v) is 10.3. The molecule has 1 fully saturated rings. The van der Waals surface area contributed by atoms with Crippen molar-refractivity contribution in [2.24, 2.45) is 0 Å². The second-order valence-corrected chi connectivity index (χ2v) is 8.74. The fraction of sp³-hybridized carbons (Fsp3) is 0.696. The molecule has 1 unspecified atom stereocenters. The summed E-state index contributed by atoms with van der Waals surface area (Å²) >= 11 is 0. The number of aliphatic hydroxyl groups is 1. The Bertz CT molecular complexity index is 631. The van der Waals surface area contributed by atoms with Crippen molar-refractivity contribution in [3.63, 3.8) is 0 Å². The van der Waals surface area contributed by atoms with Gasteiger partial charge in [-0.1, -0.05) is 12.0 Å². The average molecular weight is 374 g/mol. The maximum atomic E-state index is 10.7. The Labute approximate surface area is 165 Å². The van der Waals surface area contributed by atoms with Crippen molar-refractivity contribution in [1.82, 2.24) is 4.98 Å². The number of pyridine rings is 1. The predicted molar refractivity (Wildman–Crippen MR) is 109 cm³/mol. The third-order valence-electron chi connectivity index (χ3n) is 5.85. The number of hydrogen-bond donors (Lipinski definition) is 2. The molecule has 4 atom stereocenters. The summed E-state index contributed by atoms with van der Waals surface area (Å²) in [4.78, 5) is 5.80. The van der Waals surface area contributed by atoms with Crippen LogP contribution in [0.15, 0.2) is 24.5 Å². The van der Waals surface area contributed by atoms with Crippen LogP contribution in [0.1, 0.15) is 77.8 Å². The summed E-state index contributed by atoms with van der Waals surface area (Å²) in [6.45, 7) is 9.29. The fourth-order valence-electron chi connectivity index (χ4n) is 3.90. The maximum absolute atomic E-state index is 10.7. The SMILES string of the molecule is COC(C)(C)CCC[C@@](C)(O)C#C[C@@H](C)[NH+]1CCCC[C@@H]1c1cccnc1. The van der Waals surface area contributed by atoms with Gasteiger partial charge in [-0.3, -0.25) is 4.98 Å². The van der Waals surface area contributed by atoms with E-state index >= 15 is 0 Å². The molecule has 4 nitrogen and oxygen atoms in total. The first-order valence-electron chi connectivity index (χ1n) is 10.3. The van der Waals surface area contributed by atoms with Gasteiger partial charge in [0.25, 0.3) is 0 Å². The molecule has 0 radical (unpaired) electrons. The number of piperidine rings is 1. The number of quaternary nitrogens is 1. The average Bonchev–Trinajstić information content (AvgIpc) is 2.66. The van der Waals surface area contributed by atoms with Crippen molar-refractivity contribution < 1.29 is 14.7 Å². The lowest BCUT2D eigenvalue weighted by Crippen LogP contribution is -3.16. The summed E-state index contributed by atoms with van der Waals surface area (Å²) in [5.74, 6) is 6.53. The van der Waals surface area contributed by atoms with Crippen molar-refractivity contribution in [2.45, 2.75) is 89.5 Å². The third kappa shape index (κ3) is 6.92. The minimum atomic E-state index is -0.947. The van der Waals surface area contributed by atoms with E-state index in [4.69, 9.17) is 4.74 Å². The Morgan fingerprint density at radius 2 is 2.11 bits per heavy atom. The van der Waals surface area contributed by atoms with Gasteiger partial charge in [0.1, 0.15) is 17.7 Å². The minimum absolute atomic E-state index is 0.147. The van der Waals surface area contributed by atoms with Crippen LogP contribution in [-0.4, -0.2) is 41.0 Å². The van der Waals surface area contributed by atoms with Gasteiger partial charge in [0.05, 0.1) is 12.1 Å². The molecular weight excluding hydrogens is 336 g/mol. The first kappa shape index (κ1) is 21.9. The molecule has 0 bridgehead atoms. The van der Waals surface area contributed by atoms with E-state index in [1.165, 1.54) is 29.7 Å². The van der Waals surface area contributed by atoms with Crippen molar-refractivity contribution in [2.75, 3.05) is 13.7 Å². The molecule has 0 aliphatic carbocycles. The largest absolute Gasteiger partial charge is 0.379 e. The molecule has 0 saturated carbocycles. The van der Waals surface area contributed by atoms with Gasteiger partial charge in [-0.25, -0.2) is 0 Å². The second-order valence-electron chi connectivity index (χ2n) is 8.74. The van der Waals surface area contributed by atoms with Gasteiger partial charge in [0.15, 0.2) is 0 Å². The van der Waals surface area contributed by atoms with Crippen LogP contribution in [0.4, 0.5) is 0 Å². The minimum Gasteiger partial charge on any atom is -0.379 e. The van der Waals surface area contributed by atoms with Crippen molar-refractivity contribution >= 4 is 0 Å². The molecule has 4 heteroatoms. The molecule has 2 heterocycles. The van der Waals surface area contributed by atoms with E-state index in [2.05, 4.69) is 43.7 Å². The number of nitrogens with one attached hydrogen (secondary N) is 1. The summed E-state index contributed by atoms with van der Waals surface area (Å²) in [5, 5.41) is 10.7. The quantitative estimate of drug-likeness (QED) is 0.723. The van der Waals surface area contributed by atoms with Gasteiger partial charge < -0.3 is 14.7 Å². The first-order chi connectivity index (χ1) is 12.7. The number of rotatable bonds is 7. The number of methoxy groups -OCH3 is 1. The molecule has 27 heavy (non-hydrogen) atoms. The number of hydrogen-bond acceptors (Lipinski definition) is 3. The lowest BCUT2D eigenvalue weighted by molar-refractivity contribution is -0.951. The van der Waals surface area contributed by atoms with Crippen molar-refractivity contribution in [3.8, 4) is 11.8 Å². The van der Waals surface area contributed by atoms with Gasteiger partial charge in [-0.05, 0) is 71.8 Å². The molecule has 1 aromatic rings. The third-order valence-corrected chi connectivity index (χ3v) is 5.85. The van der Waals surface area contributed by atoms with E-state index < -0.39 is 5.60 Å². The number of ether oxygens (including phenoxy) is 1. The highest BCUT2D eigenvalue weighted by Gasteiger charge is 2.31. The second kappa shape index (κ2) is 9.68. The lowest BCUT2D eigenvalue weighted by atomic mass is 9.93. The molecule has 1 saturated heterocycles. The maximum Gasteiger partial charge on any atom is 0.147 e. The normalized spacial score (nSPS) is 23.8. The van der Waals surface area contributed by atoms with Crippen LogP contribution in [0, 0.1) is 11.8 Å². The van der Waals surface area contributed by atoms with Crippen LogP contribution < -0.4 is 4.90 Å². The highest BCUT2D eigenvalue weighted by Crippen LogP contribution is 2.21. The Kier molecular flexibility index (Phi) is 7.85. The zero-order chi connectivity index (χ0) is 19.9. The topological polar surface area (TPSA) is 46.8 Å². The Morgan fingerprint density at radius 1 is 1.33 bits per heavy atom. The van der Waals surface area contributed by atoms with Crippen LogP contribution >= 0.6 is 0 Å². The van der Waals surface area contributed by atoms with E-state index in [0.29, 0.717) is 12.5 Å². The van der Waals surface area contributed by atoms with Crippen LogP contribution in [-0.2, 0) is 4.74 Å². The van der Waals surface area contributed by atoms with Gasteiger partial charge >= 0.3 is 0 Å². The molecule has 1 aliphatic rings. The zero-order valence-electron chi connectivity index (χ0n) is 17.7. The Hall–Kier alpha value is -1.41. The van der Waals surface area contributed by atoms with E-state index in [1.54, 1.807) is 7.11 Å². The van der Waals surface area contributed by atoms with Gasteiger partial charge in [0, 0.05) is 31.5 Å². The van der Waals surface area contributed by atoms with E-state index in [9.17, 15) is 5.11 Å². The molecule has 0 aromatic carbocycles. The number of aromatic nitrogens is 1. The highest BCUT2D eigenvalue weighted by molar-refractivity contribution is 5.16. The lowest BCUT2D eigenvalue weighted by Gasteiger charge is -2.35. The van der Waals surface area contributed by atoms with E-state index in [0.717, 1.165) is 19.4 Å². The smallest absolute Gasteiger partial charge is 0.147 e. The molecule has 1 aliphatic heterocycles. The summed E-state index contributed by atoms with van der Waals surface area (Å²) in [6.07, 6.45) is 9.97. The molecule has 2 rings (SSSR count). The van der Waals surface area contributed by atoms with Gasteiger partial charge in [-0.2, -0.15) is 0 Å². The summed E-state index contributed by atoms with van der Waals surface area (Å²) in [7, 11) is 1.74. The monoisotopic (exact) mass is 373 g/mol. The number of likely N-dealkylation sites (tertiary alicyclic amines) is 1. The zero-order valence-corrected chi connectivity index (χ0v) is 17.7. The molecular formula is C23H37N2O2+. The van der Waals surface area contributed by atoms with E-state index in [1.807, 2.05) is 25.4 Å². The van der Waals surface area contributed by atoms with Crippen LogP contribution in [0.2, 0.25) is 0 Å². The van der Waals surface area contributed by atoms with Crippen LogP contribution in [0.5, 0.6) is 0 Å². The standard InChI is InChI=1S/C23H36N2O2/c1-19(12-15-23(4,26)14-9-13-22(2,3)27-5)25-17-7-6-11-21(25)20-10-8-16-24-18-20/h8,10,16,18-19,21,26H,6-7,9,11,13-14,17H2,1-5H3/p+1/t19-,21-,23-/m1/s1. The fourth-order valence-corrected chi connectivity index (χ4v) is 3.90. The molecule has 2 N–H and O–H groups in total. The van der Waals surface area contributed by atoms with Gasteiger partial charge in [0.2, 0.25) is 0 Å². The predicted octanol–water partition coefficient (Wildman–Crippen LogP) is 2.93. The summed E-state index contributed by atoms with van der Waals surface area (Å²) in [5.41, 5.74) is 0.206. The summed E-state index contributed by atoms with van der Waals surface area (Å²) in [6, 6.07) is 4.84. The van der Waals surface area contributed by atoms with Crippen LogP contribution in [0.3, 0.4) is 0 Å². The highest BCUT2D eigenvalue weighted by atomic mass is 16.5. The van der Waals surface area contributed by atoms with Crippen molar-refractivity contribution in [3.05, 3.63) is 30.1 Å².